The summed E-state index contributed by atoms with van der Waals surface area (Å²) < 4.78 is 7.90. The Morgan fingerprint density at radius 1 is 0.932 bits per heavy atom. The topological polar surface area (TPSA) is 89.3 Å². The molecular weight excluding hydrogens is 568 g/mol. The fourth-order valence-corrected chi connectivity index (χ4v) is 6.25. The van der Waals surface area contributed by atoms with E-state index in [0.29, 0.717) is 6.54 Å². The van der Waals surface area contributed by atoms with E-state index in [9.17, 15) is 9.90 Å². The zero-order chi connectivity index (χ0) is 30.7. The van der Waals surface area contributed by atoms with Gasteiger partial charge in [0.05, 0.1) is 12.7 Å². The lowest BCUT2D eigenvalue weighted by atomic mass is 9.92. The highest BCUT2D eigenvalue weighted by molar-refractivity contribution is 7.98. The lowest BCUT2D eigenvalue weighted by Crippen LogP contribution is -2.24. The van der Waals surface area contributed by atoms with Crippen LogP contribution in [0.4, 0.5) is 0 Å². The number of rotatable bonds is 14. The molecule has 2 N–H and O–H groups in total. The Labute approximate surface area is 263 Å². The van der Waals surface area contributed by atoms with Crippen molar-refractivity contribution in [3.05, 3.63) is 131 Å². The SMILES string of the molecule is COc1ccccc1CC(CCCCNC(=O)c1ccccc1O)c1nnc(SCc2cccc(C)c2)n1-c1ccccc1. The van der Waals surface area contributed by atoms with E-state index in [1.807, 2.05) is 36.4 Å². The van der Waals surface area contributed by atoms with Crippen molar-refractivity contribution in [3.8, 4) is 17.2 Å². The Hall–Kier alpha value is -4.56. The van der Waals surface area contributed by atoms with Gasteiger partial charge in [0.25, 0.3) is 5.91 Å². The molecule has 7 nitrogen and oxygen atoms in total. The monoisotopic (exact) mass is 606 g/mol. The fourth-order valence-electron chi connectivity index (χ4n) is 5.35. The molecule has 1 amide bonds. The predicted molar refractivity (Wildman–Crippen MR) is 176 cm³/mol. The van der Waals surface area contributed by atoms with E-state index in [-0.39, 0.29) is 23.1 Å². The van der Waals surface area contributed by atoms with Crippen LogP contribution in [0.3, 0.4) is 0 Å². The van der Waals surface area contributed by atoms with Gasteiger partial charge in [-0.3, -0.25) is 9.36 Å². The molecule has 1 aromatic heterocycles. The number of amides is 1. The Morgan fingerprint density at radius 2 is 1.70 bits per heavy atom. The highest BCUT2D eigenvalue weighted by atomic mass is 32.2. The number of aromatic hydroxyl groups is 1. The van der Waals surface area contributed by atoms with Crippen molar-refractivity contribution < 1.29 is 14.6 Å². The van der Waals surface area contributed by atoms with E-state index >= 15 is 0 Å². The molecule has 0 saturated carbocycles. The average Bonchev–Trinajstić information content (AvgIpc) is 3.47. The van der Waals surface area contributed by atoms with Crippen LogP contribution in [-0.4, -0.2) is 39.4 Å². The third-order valence-corrected chi connectivity index (χ3v) is 8.56. The summed E-state index contributed by atoms with van der Waals surface area (Å²) in [4.78, 5) is 12.6. The van der Waals surface area contributed by atoms with Gasteiger partial charge in [-0.25, -0.2) is 0 Å². The molecule has 0 radical (unpaired) electrons. The third-order valence-electron chi connectivity index (χ3n) is 7.56. The second-order valence-electron chi connectivity index (χ2n) is 10.8. The van der Waals surface area contributed by atoms with Gasteiger partial charge in [-0.15, -0.1) is 10.2 Å². The number of phenols is 1. The second kappa shape index (κ2) is 15.3. The summed E-state index contributed by atoms with van der Waals surface area (Å²) in [6.07, 6.45) is 3.24. The molecule has 0 aliphatic carbocycles. The molecule has 8 heteroatoms. The average molecular weight is 607 g/mol. The van der Waals surface area contributed by atoms with E-state index in [2.05, 4.69) is 59.3 Å². The first-order valence-corrected chi connectivity index (χ1v) is 15.9. The predicted octanol–water partition coefficient (Wildman–Crippen LogP) is 7.51. The van der Waals surface area contributed by atoms with Crippen LogP contribution in [0.2, 0.25) is 0 Å². The highest BCUT2D eigenvalue weighted by Gasteiger charge is 2.24. The van der Waals surface area contributed by atoms with Crippen molar-refractivity contribution in [3.63, 3.8) is 0 Å². The smallest absolute Gasteiger partial charge is 0.255 e. The van der Waals surface area contributed by atoms with Gasteiger partial charge >= 0.3 is 0 Å². The number of aromatic nitrogens is 3. The number of aryl methyl sites for hydroxylation is 1. The number of ether oxygens (including phenoxy) is 1. The van der Waals surface area contributed by atoms with Crippen molar-refractivity contribution in [2.24, 2.45) is 0 Å². The molecule has 226 valence electrons. The minimum Gasteiger partial charge on any atom is -0.507 e. The van der Waals surface area contributed by atoms with Gasteiger partial charge in [0.2, 0.25) is 0 Å². The first kappa shape index (κ1) is 30.9. The molecule has 0 aliphatic rings. The number of carbonyl (C=O) groups excluding carboxylic acids is 1. The number of unbranched alkanes of at least 4 members (excludes halogenated alkanes) is 1. The van der Waals surface area contributed by atoms with Crippen LogP contribution in [0.15, 0.2) is 108 Å². The first-order chi connectivity index (χ1) is 21.5. The molecule has 4 aromatic carbocycles. The molecule has 0 bridgehead atoms. The molecule has 5 aromatic rings. The van der Waals surface area contributed by atoms with E-state index in [1.54, 1.807) is 37.1 Å². The quantitative estimate of drug-likeness (QED) is 0.100. The van der Waals surface area contributed by atoms with Crippen molar-refractivity contribution in [1.29, 1.82) is 0 Å². The molecule has 1 unspecified atom stereocenters. The van der Waals surface area contributed by atoms with Crippen LogP contribution in [-0.2, 0) is 12.2 Å². The number of hydrogen-bond acceptors (Lipinski definition) is 6. The Balaban J connectivity index is 1.37. The van der Waals surface area contributed by atoms with E-state index in [4.69, 9.17) is 14.9 Å². The maximum Gasteiger partial charge on any atom is 0.255 e. The molecule has 0 aliphatic heterocycles. The summed E-state index contributed by atoms with van der Waals surface area (Å²) in [5.41, 5.74) is 4.91. The summed E-state index contributed by atoms with van der Waals surface area (Å²) in [6, 6.07) is 33.5. The summed E-state index contributed by atoms with van der Waals surface area (Å²) in [5.74, 6) is 2.33. The van der Waals surface area contributed by atoms with Gasteiger partial charge in [-0.05, 0) is 67.6 Å². The third kappa shape index (κ3) is 7.88. The maximum absolute atomic E-state index is 12.6. The number of methoxy groups -OCH3 is 1. The number of carbonyl (C=O) groups is 1. The number of phenolic OH excluding ortho intramolecular Hbond substituents is 1. The number of para-hydroxylation sites is 3. The molecular formula is C36H38N4O3S. The van der Waals surface area contributed by atoms with Gasteiger partial charge in [-0.1, -0.05) is 96.5 Å². The second-order valence-corrected chi connectivity index (χ2v) is 11.7. The lowest BCUT2D eigenvalue weighted by molar-refractivity contribution is 0.0950. The molecule has 1 atom stereocenters. The number of nitrogens with one attached hydrogen (secondary N) is 1. The fraction of sp³-hybridized carbons (Fsp3) is 0.250. The number of nitrogens with zero attached hydrogens (tertiary/aromatic N) is 3. The molecule has 44 heavy (non-hydrogen) atoms. The Bertz CT molecular complexity index is 1670. The molecule has 0 saturated heterocycles. The van der Waals surface area contributed by atoms with Gasteiger partial charge in [0, 0.05) is 23.9 Å². The van der Waals surface area contributed by atoms with Gasteiger partial charge in [0.1, 0.15) is 17.3 Å². The Morgan fingerprint density at radius 3 is 2.50 bits per heavy atom. The minimum atomic E-state index is -0.271. The summed E-state index contributed by atoms with van der Waals surface area (Å²) in [7, 11) is 1.70. The van der Waals surface area contributed by atoms with Crippen LogP contribution in [0.1, 0.15) is 58.1 Å². The van der Waals surface area contributed by atoms with Gasteiger partial charge in [0.15, 0.2) is 5.16 Å². The van der Waals surface area contributed by atoms with Crippen LogP contribution in [0, 0.1) is 6.92 Å². The van der Waals surface area contributed by atoms with Crippen LogP contribution in [0.5, 0.6) is 11.5 Å². The van der Waals surface area contributed by atoms with Crippen molar-refractivity contribution >= 4 is 17.7 Å². The summed E-state index contributed by atoms with van der Waals surface area (Å²) in [5, 5.41) is 23.3. The standard InChI is InChI=1S/C36H38N4O3S/c1-26-13-12-14-27(23-26)25-44-36-39-38-34(40(36)30-17-4-3-5-18-30)29(24-28-15-6-9-21-33(28)43-2)16-10-11-22-37-35(42)31-19-7-8-20-32(31)41/h3-9,12-15,17-21,23,29,41H,10-11,16,22,24-25H2,1-2H3,(H,37,42). The molecule has 0 spiro atoms. The summed E-state index contributed by atoms with van der Waals surface area (Å²) >= 11 is 1.69. The van der Waals surface area contributed by atoms with Crippen LogP contribution in [0.25, 0.3) is 5.69 Å². The largest absolute Gasteiger partial charge is 0.507 e. The minimum absolute atomic E-state index is 0.0156. The van der Waals surface area contributed by atoms with E-state index in [0.717, 1.165) is 59.4 Å². The van der Waals surface area contributed by atoms with Crippen molar-refractivity contribution in [2.45, 2.75) is 49.4 Å². The number of benzene rings is 4. The molecule has 0 fully saturated rings. The van der Waals surface area contributed by atoms with E-state index in [1.165, 1.54) is 17.2 Å². The summed E-state index contributed by atoms with van der Waals surface area (Å²) in [6.45, 7) is 2.62. The van der Waals surface area contributed by atoms with Gasteiger partial charge in [-0.2, -0.15) is 0 Å². The molecule has 5 rings (SSSR count). The van der Waals surface area contributed by atoms with Crippen molar-refractivity contribution in [2.75, 3.05) is 13.7 Å². The zero-order valence-corrected chi connectivity index (χ0v) is 26.0. The van der Waals surface area contributed by atoms with Crippen LogP contribution < -0.4 is 10.1 Å². The first-order valence-electron chi connectivity index (χ1n) is 14.9. The number of hydrogen-bond donors (Lipinski definition) is 2. The van der Waals surface area contributed by atoms with E-state index < -0.39 is 0 Å². The van der Waals surface area contributed by atoms with Crippen molar-refractivity contribution in [1.82, 2.24) is 20.1 Å². The number of thioether (sulfide) groups is 1. The zero-order valence-electron chi connectivity index (χ0n) is 25.1. The Kier molecular flexibility index (Phi) is 10.7. The molecule has 1 heterocycles. The highest BCUT2D eigenvalue weighted by Crippen LogP contribution is 2.34. The lowest BCUT2D eigenvalue weighted by Gasteiger charge is -2.20. The maximum atomic E-state index is 12.6. The normalized spacial score (nSPS) is 11.7. The van der Waals surface area contributed by atoms with Gasteiger partial charge < -0.3 is 15.2 Å². The van der Waals surface area contributed by atoms with Crippen LogP contribution >= 0.6 is 11.8 Å².